The molecule has 0 aromatic heterocycles. The van der Waals surface area contributed by atoms with Gasteiger partial charge in [0.1, 0.15) is 5.75 Å². The van der Waals surface area contributed by atoms with Crippen LogP contribution in [0.4, 0.5) is 5.69 Å². The smallest absolute Gasteiger partial charge is 0.188 e. The fraction of sp³-hybridized carbons (Fsp3) is 0.500. The SMILES string of the molecule is CCN(CC)c1cccc(C)c1Pc1cc(C)cc(C(C)(C)C)c1OCOC. The van der Waals surface area contributed by atoms with E-state index < -0.39 is 0 Å². The molecule has 0 saturated heterocycles. The summed E-state index contributed by atoms with van der Waals surface area (Å²) >= 11 is 0. The monoisotopic (exact) mass is 401 g/mol. The van der Waals surface area contributed by atoms with E-state index in [4.69, 9.17) is 9.47 Å². The lowest BCUT2D eigenvalue weighted by atomic mass is 9.85. The van der Waals surface area contributed by atoms with E-state index in [1.807, 2.05) is 0 Å². The maximum absolute atomic E-state index is 6.14. The summed E-state index contributed by atoms with van der Waals surface area (Å²) in [4.78, 5) is 2.44. The first-order valence-corrected chi connectivity index (χ1v) is 11.1. The number of nitrogens with zero attached hydrogens (tertiary/aromatic N) is 1. The number of hydrogen-bond donors (Lipinski definition) is 0. The van der Waals surface area contributed by atoms with Crippen molar-refractivity contribution in [3.8, 4) is 5.75 Å². The van der Waals surface area contributed by atoms with Crippen molar-refractivity contribution in [3.05, 3.63) is 47.0 Å². The first kappa shape index (κ1) is 22.7. The van der Waals surface area contributed by atoms with Gasteiger partial charge in [0.25, 0.3) is 0 Å². The van der Waals surface area contributed by atoms with Crippen LogP contribution in [0.15, 0.2) is 30.3 Å². The summed E-state index contributed by atoms with van der Waals surface area (Å²) in [6, 6.07) is 11.2. The number of anilines is 1. The Morgan fingerprint density at radius 3 is 2.29 bits per heavy atom. The van der Waals surface area contributed by atoms with Crippen LogP contribution >= 0.6 is 8.58 Å². The second kappa shape index (κ2) is 9.76. The molecule has 2 rings (SSSR count). The van der Waals surface area contributed by atoms with E-state index in [1.165, 1.54) is 33.0 Å². The molecule has 2 aromatic rings. The summed E-state index contributed by atoms with van der Waals surface area (Å²) in [6.07, 6.45) is 0. The molecule has 0 spiro atoms. The first-order chi connectivity index (χ1) is 13.2. The molecule has 0 radical (unpaired) electrons. The van der Waals surface area contributed by atoms with E-state index in [0.29, 0.717) is 8.58 Å². The topological polar surface area (TPSA) is 21.7 Å². The second-order valence-corrected chi connectivity index (χ2v) is 9.55. The molecule has 0 bridgehead atoms. The summed E-state index contributed by atoms with van der Waals surface area (Å²) in [5, 5.41) is 2.66. The van der Waals surface area contributed by atoms with E-state index in [2.05, 4.69) is 83.7 Å². The Morgan fingerprint density at radius 2 is 1.71 bits per heavy atom. The Hall–Kier alpha value is -1.57. The summed E-state index contributed by atoms with van der Waals surface area (Å²) < 4.78 is 11.4. The fourth-order valence-electron chi connectivity index (χ4n) is 3.47. The van der Waals surface area contributed by atoms with Crippen LogP contribution in [0.3, 0.4) is 0 Å². The molecule has 2 aromatic carbocycles. The molecule has 3 nitrogen and oxygen atoms in total. The Morgan fingerprint density at radius 1 is 1.04 bits per heavy atom. The molecule has 4 heteroatoms. The van der Waals surface area contributed by atoms with Gasteiger partial charge in [0.15, 0.2) is 6.79 Å². The van der Waals surface area contributed by atoms with Crippen LogP contribution in [-0.2, 0) is 10.2 Å². The zero-order valence-electron chi connectivity index (χ0n) is 18.8. The third kappa shape index (κ3) is 5.27. The minimum atomic E-state index is 0.00175. The molecular weight excluding hydrogens is 365 g/mol. The van der Waals surface area contributed by atoms with Crippen LogP contribution in [0.25, 0.3) is 0 Å². The lowest BCUT2D eigenvalue weighted by molar-refractivity contribution is 0.0506. The average molecular weight is 402 g/mol. The highest BCUT2D eigenvalue weighted by molar-refractivity contribution is 7.56. The summed E-state index contributed by atoms with van der Waals surface area (Å²) in [6.45, 7) is 17.8. The van der Waals surface area contributed by atoms with Crippen LogP contribution in [-0.4, -0.2) is 27.0 Å². The highest BCUT2D eigenvalue weighted by atomic mass is 31.1. The Balaban J connectivity index is 2.62. The summed E-state index contributed by atoms with van der Waals surface area (Å²) in [5.41, 5.74) is 5.18. The van der Waals surface area contributed by atoms with Gasteiger partial charge in [-0.25, -0.2) is 0 Å². The van der Waals surface area contributed by atoms with Crippen molar-refractivity contribution in [1.29, 1.82) is 0 Å². The zero-order chi connectivity index (χ0) is 20.9. The van der Waals surface area contributed by atoms with Gasteiger partial charge in [0.05, 0.1) is 0 Å². The minimum absolute atomic E-state index is 0.00175. The van der Waals surface area contributed by atoms with Crippen LogP contribution in [0.5, 0.6) is 5.75 Å². The normalized spacial score (nSPS) is 12.0. The highest BCUT2D eigenvalue weighted by Crippen LogP contribution is 2.35. The molecule has 1 atom stereocenters. The molecule has 0 N–H and O–H groups in total. The van der Waals surface area contributed by atoms with Crippen LogP contribution in [0, 0.1) is 13.8 Å². The van der Waals surface area contributed by atoms with Gasteiger partial charge in [-0.3, -0.25) is 0 Å². The quantitative estimate of drug-likeness (QED) is 0.456. The third-order valence-corrected chi connectivity index (χ3v) is 6.52. The summed E-state index contributed by atoms with van der Waals surface area (Å²) in [5.74, 6) is 0.979. The lowest BCUT2D eigenvalue weighted by Gasteiger charge is -2.28. The second-order valence-electron chi connectivity index (χ2n) is 8.26. The van der Waals surface area contributed by atoms with Crippen molar-refractivity contribution >= 4 is 24.9 Å². The van der Waals surface area contributed by atoms with E-state index in [9.17, 15) is 0 Å². The number of aryl methyl sites for hydroxylation is 2. The Kier molecular flexibility index (Phi) is 7.92. The van der Waals surface area contributed by atoms with E-state index >= 15 is 0 Å². The number of methoxy groups -OCH3 is 1. The van der Waals surface area contributed by atoms with Gasteiger partial charge in [0.2, 0.25) is 0 Å². The highest BCUT2D eigenvalue weighted by Gasteiger charge is 2.23. The van der Waals surface area contributed by atoms with Crippen molar-refractivity contribution in [3.63, 3.8) is 0 Å². The van der Waals surface area contributed by atoms with Crippen molar-refractivity contribution in [2.75, 3.05) is 31.9 Å². The van der Waals surface area contributed by atoms with Crippen molar-refractivity contribution < 1.29 is 9.47 Å². The van der Waals surface area contributed by atoms with Gasteiger partial charge in [0, 0.05) is 42.1 Å². The average Bonchev–Trinajstić information content (AvgIpc) is 2.63. The zero-order valence-corrected chi connectivity index (χ0v) is 19.8. The molecule has 154 valence electrons. The molecule has 0 amide bonds. The van der Waals surface area contributed by atoms with Crippen LogP contribution < -0.4 is 20.2 Å². The van der Waals surface area contributed by atoms with Gasteiger partial charge < -0.3 is 14.4 Å². The molecule has 0 heterocycles. The van der Waals surface area contributed by atoms with Crippen molar-refractivity contribution in [2.45, 2.75) is 53.9 Å². The van der Waals surface area contributed by atoms with E-state index in [1.54, 1.807) is 7.11 Å². The minimum Gasteiger partial charge on any atom is -0.467 e. The molecule has 0 saturated carbocycles. The predicted molar refractivity (Wildman–Crippen MR) is 125 cm³/mol. The Labute approximate surface area is 173 Å². The third-order valence-electron chi connectivity index (χ3n) is 4.98. The molecule has 0 fully saturated rings. The Bertz CT molecular complexity index is 792. The van der Waals surface area contributed by atoms with Crippen LogP contribution in [0.2, 0.25) is 0 Å². The molecule has 0 aliphatic heterocycles. The van der Waals surface area contributed by atoms with Crippen LogP contribution in [0.1, 0.15) is 51.3 Å². The largest absolute Gasteiger partial charge is 0.467 e. The predicted octanol–water partition coefficient (Wildman–Crippen LogP) is 5.06. The van der Waals surface area contributed by atoms with Gasteiger partial charge in [-0.1, -0.05) is 47.6 Å². The first-order valence-electron chi connectivity index (χ1n) is 10.1. The van der Waals surface area contributed by atoms with Gasteiger partial charge in [-0.15, -0.1) is 0 Å². The molecular formula is C24H36NO2P. The standard InChI is InChI=1S/C24H36NO2P/c1-9-25(10-2)20-13-11-12-18(4)23(20)28-21-15-17(3)14-19(24(5,6)7)22(21)27-16-26-8/h11-15,28H,9-10,16H2,1-8H3. The maximum atomic E-state index is 6.14. The molecule has 1 unspecified atom stereocenters. The van der Waals surface area contributed by atoms with Gasteiger partial charge >= 0.3 is 0 Å². The number of hydrogen-bond acceptors (Lipinski definition) is 3. The molecule has 0 aliphatic carbocycles. The molecule has 0 aliphatic rings. The van der Waals surface area contributed by atoms with Gasteiger partial charge in [-0.2, -0.15) is 0 Å². The lowest BCUT2D eigenvalue weighted by Crippen LogP contribution is -2.28. The number of benzene rings is 2. The number of rotatable bonds is 8. The van der Waals surface area contributed by atoms with Gasteiger partial charge in [-0.05, 0) is 56.4 Å². The molecule has 28 heavy (non-hydrogen) atoms. The van der Waals surface area contributed by atoms with E-state index in [-0.39, 0.29) is 12.2 Å². The van der Waals surface area contributed by atoms with Crippen molar-refractivity contribution in [1.82, 2.24) is 0 Å². The summed E-state index contributed by atoms with van der Waals surface area (Å²) in [7, 11) is 2.21. The number of ether oxygens (including phenoxy) is 2. The maximum Gasteiger partial charge on any atom is 0.188 e. The van der Waals surface area contributed by atoms with Crippen molar-refractivity contribution in [2.24, 2.45) is 0 Å². The van der Waals surface area contributed by atoms with E-state index in [0.717, 1.165) is 18.8 Å². The fourth-order valence-corrected chi connectivity index (χ4v) is 5.01.